The third-order valence-corrected chi connectivity index (χ3v) is 2.75. The lowest BCUT2D eigenvalue weighted by atomic mass is 10.1. The lowest BCUT2D eigenvalue weighted by Crippen LogP contribution is -2.15. The first-order valence-corrected chi connectivity index (χ1v) is 5.62. The molecule has 1 rings (SSSR count). The quantitative estimate of drug-likeness (QED) is 0.651. The average Bonchev–Trinajstić information content (AvgIpc) is 2.20. The zero-order valence-corrected chi connectivity index (χ0v) is 10.8. The van der Waals surface area contributed by atoms with Crippen LogP contribution in [-0.2, 0) is 10.9 Å². The van der Waals surface area contributed by atoms with Gasteiger partial charge in [0, 0.05) is 0 Å². The Kier molecular flexibility index (Phi) is 4.23. The van der Waals surface area contributed by atoms with Crippen LogP contribution in [0.1, 0.15) is 22.8 Å². The Balaban J connectivity index is 3.36. The van der Waals surface area contributed by atoms with Crippen LogP contribution in [0.15, 0.2) is 12.1 Å². The highest BCUT2D eigenvalue weighted by atomic mass is 127. The normalized spacial score (nSPS) is 11.4. The summed E-state index contributed by atoms with van der Waals surface area (Å²) in [7, 11) is 0. The number of carbonyl (C=O) groups excluding carboxylic acids is 1. The second-order valence-electron chi connectivity index (χ2n) is 3.07. The zero-order valence-electron chi connectivity index (χ0n) is 8.64. The first-order chi connectivity index (χ1) is 7.77. The van der Waals surface area contributed by atoms with E-state index in [9.17, 15) is 23.1 Å². The molecule has 0 aromatic heterocycles. The molecule has 0 aliphatic carbocycles. The number of ether oxygens (including phenoxy) is 1. The van der Waals surface area contributed by atoms with Crippen molar-refractivity contribution in [1.29, 1.82) is 0 Å². The van der Waals surface area contributed by atoms with E-state index in [0.29, 0.717) is 6.07 Å². The SMILES string of the molecule is CCOC(=O)c1cc(I)c(O)cc1C(F)(F)F. The van der Waals surface area contributed by atoms with Gasteiger partial charge in [0.2, 0.25) is 0 Å². The molecule has 17 heavy (non-hydrogen) atoms. The molecule has 0 unspecified atom stereocenters. The van der Waals surface area contributed by atoms with E-state index in [1.54, 1.807) is 22.6 Å². The van der Waals surface area contributed by atoms with Gasteiger partial charge < -0.3 is 9.84 Å². The Bertz CT molecular complexity index is 443. The summed E-state index contributed by atoms with van der Waals surface area (Å²) in [6, 6.07) is 1.48. The van der Waals surface area contributed by atoms with Crippen LogP contribution in [0.25, 0.3) is 0 Å². The van der Waals surface area contributed by atoms with Crippen LogP contribution < -0.4 is 0 Å². The lowest BCUT2D eigenvalue weighted by molar-refractivity contribution is -0.138. The van der Waals surface area contributed by atoms with Crippen LogP contribution in [0.3, 0.4) is 0 Å². The molecule has 0 heterocycles. The van der Waals surface area contributed by atoms with E-state index in [2.05, 4.69) is 4.74 Å². The van der Waals surface area contributed by atoms with Crippen molar-refractivity contribution < 1.29 is 27.8 Å². The van der Waals surface area contributed by atoms with Crippen molar-refractivity contribution in [3.05, 3.63) is 26.8 Å². The second kappa shape index (κ2) is 5.11. The Hall–Kier alpha value is -0.990. The fourth-order valence-corrected chi connectivity index (χ4v) is 1.64. The number of benzene rings is 1. The monoisotopic (exact) mass is 360 g/mol. The topological polar surface area (TPSA) is 46.5 Å². The van der Waals surface area contributed by atoms with Crippen LogP contribution in [-0.4, -0.2) is 17.7 Å². The van der Waals surface area contributed by atoms with E-state index in [4.69, 9.17) is 0 Å². The molecule has 1 aromatic rings. The number of phenols is 1. The first kappa shape index (κ1) is 14.1. The fourth-order valence-electron chi connectivity index (χ4n) is 1.17. The largest absolute Gasteiger partial charge is 0.507 e. The third-order valence-electron chi connectivity index (χ3n) is 1.89. The Morgan fingerprint density at radius 1 is 1.47 bits per heavy atom. The van der Waals surface area contributed by atoms with Gasteiger partial charge in [0.25, 0.3) is 0 Å². The van der Waals surface area contributed by atoms with E-state index >= 15 is 0 Å². The number of aromatic hydroxyl groups is 1. The van der Waals surface area contributed by atoms with Gasteiger partial charge >= 0.3 is 12.1 Å². The molecular formula is C10H8F3IO3. The number of phenolic OH excluding ortho intramolecular Hbond substituents is 1. The second-order valence-corrected chi connectivity index (χ2v) is 4.23. The Labute approximate surface area is 109 Å². The van der Waals surface area contributed by atoms with Crippen LogP contribution in [0.5, 0.6) is 5.75 Å². The Morgan fingerprint density at radius 2 is 2.06 bits per heavy atom. The van der Waals surface area contributed by atoms with Crippen molar-refractivity contribution in [2.24, 2.45) is 0 Å². The van der Waals surface area contributed by atoms with Gasteiger partial charge in [0.1, 0.15) is 5.75 Å². The molecule has 0 saturated heterocycles. The number of rotatable bonds is 2. The van der Waals surface area contributed by atoms with Gasteiger partial charge in [-0.3, -0.25) is 0 Å². The molecule has 0 fully saturated rings. The van der Waals surface area contributed by atoms with Gasteiger partial charge in [-0.2, -0.15) is 13.2 Å². The van der Waals surface area contributed by atoms with E-state index < -0.39 is 29.0 Å². The van der Waals surface area contributed by atoms with Crippen molar-refractivity contribution in [3.8, 4) is 5.75 Å². The van der Waals surface area contributed by atoms with Gasteiger partial charge in [0.15, 0.2) is 0 Å². The fraction of sp³-hybridized carbons (Fsp3) is 0.300. The molecule has 0 spiro atoms. The predicted octanol–water partition coefficient (Wildman–Crippen LogP) is 3.19. The van der Waals surface area contributed by atoms with E-state index in [0.717, 1.165) is 6.07 Å². The molecule has 0 aliphatic rings. The summed E-state index contributed by atoms with van der Waals surface area (Å²) in [6.07, 6.45) is -4.72. The molecular weight excluding hydrogens is 352 g/mol. The zero-order chi connectivity index (χ0) is 13.2. The van der Waals surface area contributed by atoms with Gasteiger partial charge in [-0.1, -0.05) is 0 Å². The highest BCUT2D eigenvalue weighted by Gasteiger charge is 2.36. The van der Waals surface area contributed by atoms with Gasteiger partial charge in [-0.05, 0) is 41.6 Å². The molecule has 7 heteroatoms. The Morgan fingerprint density at radius 3 is 2.53 bits per heavy atom. The summed E-state index contributed by atoms with van der Waals surface area (Å²) in [5, 5.41) is 9.24. The molecule has 0 bridgehead atoms. The van der Waals surface area contributed by atoms with Crippen LogP contribution >= 0.6 is 22.6 Å². The summed E-state index contributed by atoms with van der Waals surface area (Å²) in [5.41, 5.74) is -1.80. The summed E-state index contributed by atoms with van der Waals surface area (Å²) >= 11 is 1.63. The highest BCUT2D eigenvalue weighted by Crippen LogP contribution is 2.36. The van der Waals surface area contributed by atoms with Gasteiger partial charge in [-0.25, -0.2) is 4.79 Å². The summed E-state index contributed by atoms with van der Waals surface area (Å²) in [4.78, 5) is 11.4. The number of halogens is 4. The molecule has 0 saturated carbocycles. The van der Waals surface area contributed by atoms with E-state index in [1.807, 2.05) is 0 Å². The number of alkyl halides is 3. The smallest absolute Gasteiger partial charge is 0.417 e. The highest BCUT2D eigenvalue weighted by molar-refractivity contribution is 14.1. The third kappa shape index (κ3) is 3.24. The molecule has 0 aliphatic heterocycles. The van der Waals surface area contributed by atoms with Gasteiger partial charge in [-0.15, -0.1) is 0 Å². The minimum Gasteiger partial charge on any atom is -0.507 e. The summed E-state index contributed by atoms with van der Waals surface area (Å²) in [6.45, 7) is 1.48. The molecule has 0 amide bonds. The minimum absolute atomic E-state index is 0.0203. The number of carbonyl (C=O) groups is 1. The van der Waals surface area contributed by atoms with Crippen molar-refractivity contribution in [1.82, 2.24) is 0 Å². The molecule has 3 nitrogen and oxygen atoms in total. The maximum atomic E-state index is 12.6. The minimum atomic E-state index is -4.72. The van der Waals surface area contributed by atoms with E-state index in [-0.39, 0.29) is 10.2 Å². The van der Waals surface area contributed by atoms with Crippen LogP contribution in [0, 0.1) is 3.57 Å². The summed E-state index contributed by atoms with van der Waals surface area (Å²) in [5.74, 6) is -1.58. The maximum Gasteiger partial charge on any atom is 0.417 e. The number of hydrogen-bond acceptors (Lipinski definition) is 3. The van der Waals surface area contributed by atoms with Crippen molar-refractivity contribution in [2.75, 3.05) is 6.61 Å². The molecule has 1 N–H and O–H groups in total. The average molecular weight is 360 g/mol. The number of hydrogen-bond donors (Lipinski definition) is 1. The van der Waals surface area contributed by atoms with Crippen molar-refractivity contribution in [3.63, 3.8) is 0 Å². The van der Waals surface area contributed by atoms with Crippen LogP contribution in [0.2, 0.25) is 0 Å². The molecule has 94 valence electrons. The van der Waals surface area contributed by atoms with Crippen LogP contribution in [0.4, 0.5) is 13.2 Å². The maximum absolute atomic E-state index is 12.6. The predicted molar refractivity (Wildman–Crippen MR) is 61.8 cm³/mol. The van der Waals surface area contributed by atoms with Crippen molar-refractivity contribution in [2.45, 2.75) is 13.1 Å². The summed E-state index contributed by atoms with van der Waals surface area (Å²) < 4.78 is 42.6. The molecule has 0 atom stereocenters. The number of esters is 1. The van der Waals surface area contributed by atoms with E-state index in [1.165, 1.54) is 6.92 Å². The molecule has 1 aromatic carbocycles. The first-order valence-electron chi connectivity index (χ1n) is 4.54. The molecule has 0 radical (unpaired) electrons. The standard InChI is InChI=1S/C10H8F3IO3/c1-2-17-9(16)5-3-7(14)8(15)4-6(5)10(11,12)13/h3-4,15H,2H2,1H3. The van der Waals surface area contributed by atoms with Gasteiger partial charge in [0.05, 0.1) is 21.3 Å². The lowest BCUT2D eigenvalue weighted by Gasteiger charge is -2.13. The van der Waals surface area contributed by atoms with Crippen molar-refractivity contribution >= 4 is 28.6 Å².